The first kappa shape index (κ1) is 19.7. The van der Waals surface area contributed by atoms with Crippen molar-refractivity contribution in [2.75, 3.05) is 0 Å². The lowest BCUT2D eigenvalue weighted by atomic mass is 9.99. The van der Waals surface area contributed by atoms with Gasteiger partial charge in [0, 0.05) is 18.3 Å². The lowest BCUT2D eigenvalue weighted by Gasteiger charge is -2.19. The number of aromatic nitrogens is 1. The number of halogens is 1. The Hall–Kier alpha value is -1.33. The van der Waals surface area contributed by atoms with E-state index < -0.39 is 6.04 Å². The van der Waals surface area contributed by atoms with Crippen molar-refractivity contribution in [3.05, 3.63) is 23.9 Å². The fourth-order valence-electron chi connectivity index (χ4n) is 2.64. The minimum absolute atomic E-state index is 0. The van der Waals surface area contributed by atoms with E-state index in [4.69, 9.17) is 10.5 Å². The van der Waals surface area contributed by atoms with Gasteiger partial charge in [0.25, 0.3) is 0 Å². The van der Waals surface area contributed by atoms with Crippen LogP contribution in [0.4, 0.5) is 0 Å². The molecule has 1 heterocycles. The van der Waals surface area contributed by atoms with Crippen molar-refractivity contribution in [1.82, 2.24) is 10.3 Å². The molecule has 3 N–H and O–H groups in total. The van der Waals surface area contributed by atoms with E-state index in [2.05, 4.69) is 10.3 Å². The molecule has 2 unspecified atom stereocenters. The van der Waals surface area contributed by atoms with Gasteiger partial charge in [0.15, 0.2) is 0 Å². The highest BCUT2D eigenvalue weighted by molar-refractivity contribution is 5.85. The molecule has 2 atom stereocenters. The smallest absolute Gasteiger partial charge is 0.237 e. The summed E-state index contributed by atoms with van der Waals surface area (Å²) in [5.74, 6) is 0.680. The molecule has 1 saturated carbocycles. The Balaban J connectivity index is 0.00000264. The number of amides is 1. The van der Waals surface area contributed by atoms with Crippen molar-refractivity contribution in [3.8, 4) is 5.88 Å². The van der Waals surface area contributed by atoms with E-state index in [0.29, 0.717) is 12.4 Å². The van der Waals surface area contributed by atoms with Gasteiger partial charge in [-0.15, -0.1) is 12.4 Å². The Kier molecular flexibility index (Phi) is 8.34. The number of nitrogens with two attached hydrogens (primary N) is 1. The van der Waals surface area contributed by atoms with Gasteiger partial charge in [-0.05, 0) is 37.7 Å². The summed E-state index contributed by atoms with van der Waals surface area (Å²) in [6, 6.07) is 3.32. The SMILES string of the molecule is CCC(C)C(N)C(=O)NCc1cccnc1OC1CCCC1.Cl. The molecule has 0 aromatic carbocycles. The van der Waals surface area contributed by atoms with Crippen LogP contribution in [0.1, 0.15) is 51.5 Å². The minimum atomic E-state index is -0.471. The summed E-state index contributed by atoms with van der Waals surface area (Å²) in [5.41, 5.74) is 6.85. The average molecular weight is 342 g/mol. The number of nitrogens with zero attached hydrogens (tertiary/aromatic N) is 1. The number of nitrogens with one attached hydrogen (secondary N) is 1. The lowest BCUT2D eigenvalue weighted by Crippen LogP contribution is -2.44. The molecule has 5 nitrogen and oxygen atoms in total. The Morgan fingerprint density at radius 1 is 1.48 bits per heavy atom. The number of rotatable bonds is 7. The fraction of sp³-hybridized carbons (Fsp3) is 0.647. The molecule has 0 radical (unpaired) electrons. The number of hydrogen-bond acceptors (Lipinski definition) is 4. The van der Waals surface area contributed by atoms with Crippen LogP contribution in [0.2, 0.25) is 0 Å². The van der Waals surface area contributed by atoms with E-state index in [1.165, 1.54) is 12.8 Å². The first-order valence-electron chi connectivity index (χ1n) is 8.25. The van der Waals surface area contributed by atoms with Crippen LogP contribution < -0.4 is 15.8 Å². The van der Waals surface area contributed by atoms with E-state index in [0.717, 1.165) is 24.8 Å². The maximum absolute atomic E-state index is 12.1. The number of ether oxygens (including phenoxy) is 1. The third-order valence-corrected chi connectivity index (χ3v) is 4.44. The van der Waals surface area contributed by atoms with E-state index in [1.807, 2.05) is 26.0 Å². The first-order valence-corrected chi connectivity index (χ1v) is 8.25. The van der Waals surface area contributed by atoms with Crippen LogP contribution in [0.25, 0.3) is 0 Å². The second-order valence-electron chi connectivity index (χ2n) is 6.12. The van der Waals surface area contributed by atoms with Gasteiger partial charge in [0.2, 0.25) is 11.8 Å². The number of carbonyl (C=O) groups excluding carboxylic acids is 1. The van der Waals surface area contributed by atoms with Gasteiger partial charge in [-0.2, -0.15) is 0 Å². The van der Waals surface area contributed by atoms with Crippen LogP contribution >= 0.6 is 12.4 Å². The fourth-order valence-corrected chi connectivity index (χ4v) is 2.64. The molecule has 0 saturated heterocycles. The van der Waals surface area contributed by atoms with Gasteiger partial charge in [-0.1, -0.05) is 26.3 Å². The molecule has 0 bridgehead atoms. The van der Waals surface area contributed by atoms with Crippen molar-refractivity contribution < 1.29 is 9.53 Å². The molecule has 2 rings (SSSR count). The highest BCUT2D eigenvalue weighted by Crippen LogP contribution is 2.24. The minimum Gasteiger partial charge on any atom is -0.474 e. The van der Waals surface area contributed by atoms with E-state index in [-0.39, 0.29) is 30.3 Å². The molecule has 1 aromatic rings. The molecule has 1 fully saturated rings. The molecule has 1 aliphatic carbocycles. The topological polar surface area (TPSA) is 77.2 Å². The first-order chi connectivity index (χ1) is 10.6. The zero-order chi connectivity index (χ0) is 15.9. The second-order valence-corrected chi connectivity index (χ2v) is 6.12. The third-order valence-electron chi connectivity index (χ3n) is 4.44. The maximum atomic E-state index is 12.1. The Labute approximate surface area is 144 Å². The number of pyridine rings is 1. The maximum Gasteiger partial charge on any atom is 0.237 e. The summed E-state index contributed by atoms with van der Waals surface area (Å²) in [6.07, 6.45) is 7.47. The largest absolute Gasteiger partial charge is 0.474 e. The normalized spacial score (nSPS) is 17.2. The van der Waals surface area contributed by atoms with Crippen LogP contribution in [0.3, 0.4) is 0 Å². The molecular formula is C17H28ClN3O2. The number of hydrogen-bond donors (Lipinski definition) is 2. The third kappa shape index (κ3) is 5.66. The van der Waals surface area contributed by atoms with Gasteiger partial charge in [-0.25, -0.2) is 4.98 Å². The summed E-state index contributed by atoms with van der Waals surface area (Å²) in [5, 5.41) is 2.90. The van der Waals surface area contributed by atoms with Gasteiger partial charge in [0.1, 0.15) is 6.10 Å². The standard InChI is InChI=1S/C17H27N3O2.ClH/c1-3-12(2)15(18)16(21)20-11-13-7-6-10-19-17(13)22-14-8-4-5-9-14;/h6-7,10,12,14-15H,3-5,8-9,11,18H2,1-2H3,(H,20,21);1H. The van der Waals surface area contributed by atoms with Crippen LogP contribution in [0.15, 0.2) is 18.3 Å². The Bertz CT molecular complexity index is 492. The van der Waals surface area contributed by atoms with E-state index in [1.54, 1.807) is 6.20 Å². The summed E-state index contributed by atoms with van der Waals surface area (Å²) >= 11 is 0. The van der Waals surface area contributed by atoms with Gasteiger partial charge in [0.05, 0.1) is 6.04 Å². The van der Waals surface area contributed by atoms with Crippen molar-refractivity contribution in [3.63, 3.8) is 0 Å². The van der Waals surface area contributed by atoms with Gasteiger partial charge in [-0.3, -0.25) is 4.79 Å². The van der Waals surface area contributed by atoms with Gasteiger partial charge < -0.3 is 15.8 Å². The van der Waals surface area contributed by atoms with Crippen molar-refractivity contribution >= 4 is 18.3 Å². The van der Waals surface area contributed by atoms with E-state index >= 15 is 0 Å². The average Bonchev–Trinajstić information content (AvgIpc) is 3.05. The quantitative estimate of drug-likeness (QED) is 0.799. The summed E-state index contributed by atoms with van der Waals surface area (Å²) in [7, 11) is 0. The van der Waals surface area contributed by atoms with Gasteiger partial charge >= 0.3 is 0 Å². The summed E-state index contributed by atoms with van der Waals surface area (Å²) < 4.78 is 5.97. The van der Waals surface area contributed by atoms with E-state index in [9.17, 15) is 4.79 Å². The lowest BCUT2D eigenvalue weighted by molar-refractivity contribution is -0.123. The van der Waals surface area contributed by atoms with Crippen LogP contribution in [0.5, 0.6) is 5.88 Å². The predicted octanol–water partition coefficient (Wildman–Crippen LogP) is 2.81. The summed E-state index contributed by atoms with van der Waals surface area (Å²) in [4.78, 5) is 16.4. The molecule has 0 spiro atoms. The van der Waals surface area contributed by atoms with Crippen molar-refractivity contribution in [1.29, 1.82) is 0 Å². The molecule has 6 heteroatoms. The monoisotopic (exact) mass is 341 g/mol. The zero-order valence-corrected chi connectivity index (χ0v) is 14.8. The number of carbonyl (C=O) groups is 1. The highest BCUT2D eigenvalue weighted by atomic mass is 35.5. The molecule has 23 heavy (non-hydrogen) atoms. The van der Waals surface area contributed by atoms with Crippen LogP contribution in [-0.2, 0) is 11.3 Å². The zero-order valence-electron chi connectivity index (χ0n) is 14.0. The molecule has 1 aliphatic rings. The molecule has 130 valence electrons. The van der Waals surface area contributed by atoms with Crippen molar-refractivity contribution in [2.45, 2.75) is 64.6 Å². The molecular weight excluding hydrogens is 314 g/mol. The Morgan fingerprint density at radius 3 is 2.83 bits per heavy atom. The van der Waals surface area contributed by atoms with Crippen LogP contribution in [-0.4, -0.2) is 23.0 Å². The summed E-state index contributed by atoms with van der Waals surface area (Å²) in [6.45, 7) is 4.42. The predicted molar refractivity (Wildman–Crippen MR) is 93.6 cm³/mol. The highest BCUT2D eigenvalue weighted by Gasteiger charge is 2.21. The molecule has 0 aliphatic heterocycles. The van der Waals surface area contributed by atoms with Crippen molar-refractivity contribution in [2.24, 2.45) is 11.7 Å². The second kappa shape index (κ2) is 9.73. The molecule has 1 aromatic heterocycles. The molecule has 1 amide bonds. The Morgan fingerprint density at radius 2 is 2.17 bits per heavy atom. The van der Waals surface area contributed by atoms with Crippen LogP contribution in [0, 0.1) is 5.92 Å².